The lowest BCUT2D eigenvalue weighted by Crippen LogP contribution is -2.50. The standard InChI is InChI=1S/C18H18F2N2O2S/c19-15-3-2-14(11-16(15)20)18(24)22-8-6-21(7-9-22)17(23)4-1-13-5-10-25-12-13/h2-3,5,10-12H,1,4,6-9H2. The van der Waals surface area contributed by atoms with Gasteiger partial charge in [-0.2, -0.15) is 11.3 Å². The topological polar surface area (TPSA) is 40.6 Å². The molecule has 1 saturated heterocycles. The average molecular weight is 364 g/mol. The number of halogens is 2. The Balaban J connectivity index is 1.51. The molecular weight excluding hydrogens is 346 g/mol. The summed E-state index contributed by atoms with van der Waals surface area (Å²) in [5.74, 6) is -2.28. The van der Waals surface area contributed by atoms with Crippen molar-refractivity contribution in [3.05, 3.63) is 57.8 Å². The molecule has 2 amide bonds. The average Bonchev–Trinajstić information content (AvgIpc) is 3.15. The first-order chi connectivity index (χ1) is 12.0. The number of nitrogens with zero attached hydrogens (tertiary/aromatic N) is 2. The zero-order chi connectivity index (χ0) is 17.8. The molecule has 1 aromatic heterocycles. The minimum absolute atomic E-state index is 0.0751. The second-order valence-electron chi connectivity index (χ2n) is 5.93. The monoisotopic (exact) mass is 364 g/mol. The Kier molecular flexibility index (Phi) is 5.43. The molecule has 0 N–H and O–H groups in total. The molecule has 0 unspecified atom stereocenters. The highest BCUT2D eigenvalue weighted by atomic mass is 32.1. The molecule has 1 aliphatic rings. The summed E-state index contributed by atoms with van der Waals surface area (Å²) in [5.41, 5.74) is 1.28. The van der Waals surface area contributed by atoms with Gasteiger partial charge in [0.05, 0.1) is 0 Å². The molecule has 0 spiro atoms. The summed E-state index contributed by atoms with van der Waals surface area (Å²) in [5, 5.41) is 4.02. The zero-order valence-electron chi connectivity index (χ0n) is 13.6. The fourth-order valence-electron chi connectivity index (χ4n) is 2.81. The van der Waals surface area contributed by atoms with E-state index in [4.69, 9.17) is 0 Å². The smallest absolute Gasteiger partial charge is 0.254 e. The fourth-order valence-corrected chi connectivity index (χ4v) is 3.52. The third-order valence-electron chi connectivity index (χ3n) is 4.29. The van der Waals surface area contributed by atoms with Crippen molar-refractivity contribution in [2.24, 2.45) is 0 Å². The Morgan fingerprint density at radius 1 is 1.00 bits per heavy atom. The highest BCUT2D eigenvalue weighted by Crippen LogP contribution is 2.14. The van der Waals surface area contributed by atoms with Gasteiger partial charge in [-0.15, -0.1) is 0 Å². The van der Waals surface area contributed by atoms with E-state index in [1.807, 2.05) is 16.8 Å². The predicted octanol–water partition coefficient (Wildman–Crippen LogP) is 2.94. The van der Waals surface area contributed by atoms with E-state index < -0.39 is 11.6 Å². The van der Waals surface area contributed by atoms with Crippen molar-refractivity contribution in [2.75, 3.05) is 26.2 Å². The van der Waals surface area contributed by atoms with Crippen molar-refractivity contribution in [3.63, 3.8) is 0 Å². The van der Waals surface area contributed by atoms with Gasteiger partial charge >= 0.3 is 0 Å². The zero-order valence-corrected chi connectivity index (χ0v) is 14.4. The van der Waals surface area contributed by atoms with Gasteiger partial charge in [0.1, 0.15) is 0 Å². The van der Waals surface area contributed by atoms with Crippen molar-refractivity contribution in [3.8, 4) is 0 Å². The van der Waals surface area contributed by atoms with Gasteiger partial charge < -0.3 is 9.80 Å². The molecule has 25 heavy (non-hydrogen) atoms. The number of hydrogen-bond acceptors (Lipinski definition) is 3. The third-order valence-corrected chi connectivity index (χ3v) is 5.03. The first kappa shape index (κ1) is 17.5. The van der Waals surface area contributed by atoms with Gasteiger partial charge in [-0.25, -0.2) is 8.78 Å². The number of amides is 2. The van der Waals surface area contributed by atoms with Crippen molar-refractivity contribution in [1.82, 2.24) is 9.80 Å². The Morgan fingerprint density at radius 2 is 1.72 bits per heavy atom. The minimum Gasteiger partial charge on any atom is -0.339 e. The molecule has 7 heteroatoms. The number of carbonyl (C=O) groups is 2. The molecular formula is C18H18F2N2O2S. The lowest BCUT2D eigenvalue weighted by Gasteiger charge is -2.35. The molecule has 1 fully saturated rings. The molecule has 0 aliphatic carbocycles. The maximum atomic E-state index is 13.3. The summed E-state index contributed by atoms with van der Waals surface area (Å²) < 4.78 is 26.3. The van der Waals surface area contributed by atoms with Crippen LogP contribution in [0.1, 0.15) is 22.3 Å². The molecule has 0 atom stereocenters. The SMILES string of the molecule is O=C(CCc1ccsc1)N1CCN(C(=O)c2ccc(F)c(F)c2)CC1. The Hall–Kier alpha value is -2.28. The molecule has 3 rings (SSSR count). The largest absolute Gasteiger partial charge is 0.339 e. The summed E-state index contributed by atoms with van der Waals surface area (Å²) in [7, 11) is 0. The maximum Gasteiger partial charge on any atom is 0.254 e. The highest BCUT2D eigenvalue weighted by Gasteiger charge is 2.25. The van der Waals surface area contributed by atoms with Crippen LogP contribution in [-0.4, -0.2) is 47.8 Å². The van der Waals surface area contributed by atoms with Gasteiger partial charge in [-0.05, 0) is 47.0 Å². The maximum absolute atomic E-state index is 13.3. The summed E-state index contributed by atoms with van der Waals surface area (Å²) in [6.07, 6.45) is 1.17. The van der Waals surface area contributed by atoms with Crippen LogP contribution in [0, 0.1) is 11.6 Å². The van der Waals surface area contributed by atoms with Crippen molar-refractivity contribution < 1.29 is 18.4 Å². The van der Waals surface area contributed by atoms with E-state index in [2.05, 4.69) is 0 Å². The van der Waals surface area contributed by atoms with Crippen molar-refractivity contribution in [1.29, 1.82) is 0 Å². The first-order valence-corrected chi connectivity index (χ1v) is 9.02. The van der Waals surface area contributed by atoms with E-state index in [-0.39, 0.29) is 17.4 Å². The van der Waals surface area contributed by atoms with Gasteiger partial charge in [0, 0.05) is 38.2 Å². The molecule has 1 aromatic carbocycles. The lowest BCUT2D eigenvalue weighted by molar-refractivity contribution is -0.132. The van der Waals surface area contributed by atoms with E-state index in [0.717, 1.165) is 24.1 Å². The Morgan fingerprint density at radius 3 is 2.36 bits per heavy atom. The van der Waals surface area contributed by atoms with Gasteiger partial charge in [0.25, 0.3) is 5.91 Å². The van der Waals surface area contributed by atoms with Gasteiger partial charge in [-0.1, -0.05) is 0 Å². The third kappa shape index (κ3) is 4.22. The second kappa shape index (κ2) is 7.74. The normalized spacial score (nSPS) is 14.6. The molecule has 1 aliphatic heterocycles. The number of aryl methyl sites for hydroxylation is 1. The van der Waals surface area contributed by atoms with E-state index in [1.165, 1.54) is 6.07 Å². The molecule has 0 bridgehead atoms. The molecule has 132 valence electrons. The first-order valence-electron chi connectivity index (χ1n) is 8.08. The Bertz CT molecular complexity index is 756. The van der Waals surface area contributed by atoms with Crippen LogP contribution < -0.4 is 0 Å². The Labute approximate surface area is 148 Å². The number of thiophene rings is 1. The van der Waals surface area contributed by atoms with Gasteiger partial charge in [-0.3, -0.25) is 9.59 Å². The van der Waals surface area contributed by atoms with Crippen LogP contribution in [0.2, 0.25) is 0 Å². The number of piperazine rings is 1. The predicted molar refractivity (Wildman–Crippen MR) is 91.5 cm³/mol. The highest BCUT2D eigenvalue weighted by molar-refractivity contribution is 7.07. The van der Waals surface area contributed by atoms with E-state index >= 15 is 0 Å². The molecule has 2 aromatic rings. The van der Waals surface area contributed by atoms with Crippen LogP contribution >= 0.6 is 11.3 Å². The van der Waals surface area contributed by atoms with E-state index in [1.54, 1.807) is 21.1 Å². The molecule has 0 radical (unpaired) electrons. The molecule has 2 heterocycles. The number of hydrogen-bond donors (Lipinski definition) is 0. The van der Waals surface area contributed by atoms with Crippen LogP contribution in [0.3, 0.4) is 0 Å². The van der Waals surface area contributed by atoms with E-state index in [9.17, 15) is 18.4 Å². The summed E-state index contributed by atoms with van der Waals surface area (Å²) in [6, 6.07) is 5.15. The van der Waals surface area contributed by atoms with Gasteiger partial charge in [0.15, 0.2) is 11.6 Å². The van der Waals surface area contributed by atoms with Crippen LogP contribution in [0.5, 0.6) is 0 Å². The summed E-state index contributed by atoms with van der Waals surface area (Å²) in [4.78, 5) is 27.9. The molecule has 0 saturated carbocycles. The fraction of sp³-hybridized carbons (Fsp3) is 0.333. The van der Waals surface area contributed by atoms with E-state index in [0.29, 0.717) is 32.6 Å². The minimum atomic E-state index is -1.03. The lowest BCUT2D eigenvalue weighted by atomic mass is 10.1. The van der Waals surface area contributed by atoms with Crippen LogP contribution in [0.15, 0.2) is 35.0 Å². The molecule has 4 nitrogen and oxygen atoms in total. The van der Waals surface area contributed by atoms with Crippen LogP contribution in [-0.2, 0) is 11.2 Å². The quantitative estimate of drug-likeness (QED) is 0.837. The summed E-state index contributed by atoms with van der Waals surface area (Å²) >= 11 is 1.61. The van der Waals surface area contributed by atoms with Gasteiger partial charge in [0.2, 0.25) is 5.91 Å². The second-order valence-corrected chi connectivity index (χ2v) is 6.71. The summed E-state index contributed by atoms with van der Waals surface area (Å²) in [6.45, 7) is 1.69. The number of carbonyl (C=O) groups excluding carboxylic acids is 2. The number of benzene rings is 1. The van der Waals surface area contributed by atoms with Crippen LogP contribution in [0.4, 0.5) is 8.78 Å². The van der Waals surface area contributed by atoms with Crippen LogP contribution in [0.25, 0.3) is 0 Å². The van der Waals surface area contributed by atoms with Crippen molar-refractivity contribution in [2.45, 2.75) is 12.8 Å². The number of rotatable bonds is 4. The van der Waals surface area contributed by atoms with Crippen molar-refractivity contribution >= 4 is 23.2 Å².